The summed E-state index contributed by atoms with van der Waals surface area (Å²) in [6.45, 7) is 10.3. The summed E-state index contributed by atoms with van der Waals surface area (Å²) >= 11 is 0. The van der Waals surface area contributed by atoms with Crippen molar-refractivity contribution in [3.63, 3.8) is 0 Å². The van der Waals surface area contributed by atoms with Crippen molar-refractivity contribution >= 4 is 7.25 Å². The van der Waals surface area contributed by atoms with Crippen LogP contribution < -0.4 is 0 Å². The van der Waals surface area contributed by atoms with E-state index in [1.54, 1.807) is 0 Å². The highest BCUT2D eigenvalue weighted by Crippen LogP contribution is 2.18. The van der Waals surface area contributed by atoms with Crippen LogP contribution in [0, 0.1) is 0 Å². The summed E-state index contributed by atoms with van der Waals surface area (Å²) in [6, 6.07) is 0. The summed E-state index contributed by atoms with van der Waals surface area (Å²) in [5.74, 6) is 0. The van der Waals surface area contributed by atoms with Crippen molar-refractivity contribution < 1.29 is 21.7 Å². The average molecular weight is 243 g/mol. The van der Waals surface area contributed by atoms with Crippen LogP contribution in [0.15, 0.2) is 0 Å². The van der Waals surface area contributed by atoms with E-state index in [2.05, 4.69) is 13.8 Å². The van der Waals surface area contributed by atoms with Gasteiger partial charge in [0, 0.05) is 0 Å². The molecule has 0 aromatic rings. The predicted molar refractivity (Wildman–Crippen MR) is 59.7 cm³/mol. The van der Waals surface area contributed by atoms with E-state index in [0.717, 1.165) is 0 Å². The third-order valence-corrected chi connectivity index (χ3v) is 3.13. The van der Waals surface area contributed by atoms with Crippen molar-refractivity contribution in [2.45, 2.75) is 39.5 Å². The van der Waals surface area contributed by atoms with Crippen molar-refractivity contribution in [3.05, 3.63) is 0 Å². The molecule has 0 unspecified atom stereocenters. The Labute approximate surface area is 95.5 Å². The van der Waals surface area contributed by atoms with Gasteiger partial charge in [0.15, 0.2) is 0 Å². The molecule has 0 amide bonds. The van der Waals surface area contributed by atoms with Gasteiger partial charge in [-0.05, 0) is 32.6 Å². The molecule has 6 heteroatoms. The van der Waals surface area contributed by atoms with Crippen LogP contribution in [-0.4, -0.2) is 37.9 Å². The molecule has 0 bridgehead atoms. The average Bonchev–Trinajstić information content (AvgIpc) is 2.17. The number of nitrogens with zero attached hydrogens (tertiary/aromatic N) is 1. The Kier molecular flexibility index (Phi) is 7.03. The van der Waals surface area contributed by atoms with Crippen LogP contribution in [0.5, 0.6) is 0 Å². The second kappa shape index (κ2) is 7.15. The number of quaternary nitrogens is 1. The van der Waals surface area contributed by atoms with Gasteiger partial charge in [-0.1, -0.05) is 6.92 Å². The van der Waals surface area contributed by atoms with Gasteiger partial charge < -0.3 is 21.7 Å². The molecule has 0 spiro atoms. The molecule has 1 aliphatic rings. The number of rotatable bonds is 3. The molecule has 0 N–H and O–H groups in total. The zero-order valence-electron chi connectivity index (χ0n) is 10.2. The maximum atomic E-state index is 9.75. The Morgan fingerprint density at radius 2 is 1.38 bits per heavy atom. The van der Waals surface area contributed by atoms with E-state index in [4.69, 9.17) is 0 Å². The molecular weight excluding hydrogens is 221 g/mol. The Morgan fingerprint density at radius 3 is 1.69 bits per heavy atom. The van der Waals surface area contributed by atoms with Gasteiger partial charge in [0.25, 0.3) is 0 Å². The van der Waals surface area contributed by atoms with Crippen molar-refractivity contribution in [1.29, 1.82) is 0 Å². The van der Waals surface area contributed by atoms with Crippen LogP contribution in [0.25, 0.3) is 0 Å². The van der Waals surface area contributed by atoms with Crippen LogP contribution in [0.2, 0.25) is 0 Å². The quantitative estimate of drug-likeness (QED) is 0.402. The Hall–Kier alpha value is -0.255. The van der Waals surface area contributed by atoms with Crippen LogP contribution >= 0.6 is 0 Å². The lowest BCUT2D eigenvalue weighted by Crippen LogP contribution is -2.51. The first-order valence-electron chi connectivity index (χ1n) is 6.05. The fraction of sp³-hybridized carbons (Fsp3) is 1.00. The molecule has 0 atom stereocenters. The number of hydrogen-bond donors (Lipinski definition) is 0. The van der Waals surface area contributed by atoms with Crippen molar-refractivity contribution in [2.24, 2.45) is 0 Å². The zero-order valence-corrected chi connectivity index (χ0v) is 10.2. The summed E-state index contributed by atoms with van der Waals surface area (Å²) in [5, 5.41) is 0. The zero-order chi connectivity index (χ0) is 12.7. The summed E-state index contributed by atoms with van der Waals surface area (Å²) in [4.78, 5) is 0. The molecule has 1 fully saturated rings. The minimum atomic E-state index is -6.00. The lowest BCUT2D eigenvalue weighted by molar-refractivity contribution is -0.930. The lowest BCUT2D eigenvalue weighted by atomic mass is 10.1. The Balaban J connectivity index is 0.000000385. The first kappa shape index (κ1) is 15.7. The van der Waals surface area contributed by atoms with Gasteiger partial charge in [-0.25, -0.2) is 0 Å². The van der Waals surface area contributed by atoms with E-state index in [-0.39, 0.29) is 0 Å². The molecule has 0 saturated carbocycles. The molecule has 16 heavy (non-hydrogen) atoms. The minimum Gasteiger partial charge on any atom is -0.418 e. The minimum absolute atomic E-state index is 1.36. The molecule has 1 rings (SSSR count). The predicted octanol–water partition coefficient (Wildman–Crippen LogP) is 3.72. The van der Waals surface area contributed by atoms with Crippen LogP contribution in [0.4, 0.5) is 17.3 Å². The Bertz CT molecular complexity index is 167. The van der Waals surface area contributed by atoms with E-state index < -0.39 is 7.25 Å². The molecule has 1 heterocycles. The summed E-state index contributed by atoms with van der Waals surface area (Å²) in [6.07, 6.45) is 5.76. The molecule has 98 valence electrons. The number of piperidine rings is 1. The van der Waals surface area contributed by atoms with E-state index in [9.17, 15) is 17.3 Å². The highest BCUT2D eigenvalue weighted by Gasteiger charge is 2.26. The highest BCUT2D eigenvalue weighted by atomic mass is 19.5. The maximum absolute atomic E-state index is 9.75. The van der Waals surface area contributed by atoms with E-state index in [1.807, 2.05) is 0 Å². The van der Waals surface area contributed by atoms with Gasteiger partial charge in [-0.15, -0.1) is 0 Å². The van der Waals surface area contributed by atoms with Crippen molar-refractivity contribution in [1.82, 2.24) is 0 Å². The monoisotopic (exact) mass is 243 g/mol. The molecule has 0 aromatic heterocycles. The molecule has 1 aliphatic heterocycles. The smallest absolute Gasteiger partial charge is 0.418 e. The molecule has 1 nitrogen and oxygen atoms in total. The maximum Gasteiger partial charge on any atom is 0.673 e. The normalized spacial score (nSPS) is 19.9. The molecular formula is C10H22BF4N. The van der Waals surface area contributed by atoms with Crippen molar-refractivity contribution in [3.8, 4) is 0 Å². The molecule has 0 aliphatic carbocycles. The first-order chi connectivity index (χ1) is 7.33. The van der Waals surface area contributed by atoms with Crippen molar-refractivity contribution in [2.75, 3.05) is 26.2 Å². The van der Waals surface area contributed by atoms with Crippen LogP contribution in [-0.2, 0) is 0 Å². The largest absolute Gasteiger partial charge is 0.673 e. The SMILES string of the molecule is CCC[N+]1(CC)CCCCC1.F[B-](F)(F)F. The second-order valence-corrected chi connectivity index (χ2v) is 4.38. The van der Waals surface area contributed by atoms with Crippen LogP contribution in [0.3, 0.4) is 0 Å². The lowest BCUT2D eigenvalue weighted by Gasteiger charge is -2.40. The fourth-order valence-corrected chi connectivity index (χ4v) is 2.36. The highest BCUT2D eigenvalue weighted by molar-refractivity contribution is 6.50. The van der Waals surface area contributed by atoms with Gasteiger partial charge in [0.1, 0.15) is 0 Å². The van der Waals surface area contributed by atoms with E-state index in [1.165, 1.54) is 56.3 Å². The van der Waals surface area contributed by atoms with Gasteiger partial charge >= 0.3 is 7.25 Å². The van der Waals surface area contributed by atoms with Gasteiger partial charge in [-0.2, -0.15) is 0 Å². The van der Waals surface area contributed by atoms with E-state index in [0.29, 0.717) is 0 Å². The summed E-state index contributed by atoms with van der Waals surface area (Å²) < 4.78 is 40.4. The summed E-state index contributed by atoms with van der Waals surface area (Å²) in [5.41, 5.74) is 0. The number of halogens is 4. The number of likely N-dealkylation sites (tertiary alicyclic amines) is 1. The standard InChI is InChI=1S/C10H22N.BF4/c1-3-8-11(4-2)9-6-5-7-10-11;2-1(3,4)5/h3-10H2,1-2H3;/q+1;-1. The van der Waals surface area contributed by atoms with Crippen LogP contribution in [0.1, 0.15) is 39.5 Å². The Morgan fingerprint density at radius 1 is 0.938 bits per heavy atom. The van der Waals surface area contributed by atoms with Gasteiger partial charge in [-0.3, -0.25) is 0 Å². The summed E-state index contributed by atoms with van der Waals surface area (Å²) in [7, 11) is -6.00. The molecule has 0 aromatic carbocycles. The molecule has 1 saturated heterocycles. The van der Waals surface area contributed by atoms with E-state index >= 15 is 0 Å². The third-order valence-electron chi connectivity index (χ3n) is 3.13. The first-order valence-corrected chi connectivity index (χ1v) is 6.05. The molecule has 0 radical (unpaired) electrons. The number of hydrogen-bond acceptors (Lipinski definition) is 0. The third kappa shape index (κ3) is 7.96. The van der Waals surface area contributed by atoms with Gasteiger partial charge in [0.05, 0.1) is 26.2 Å². The fourth-order valence-electron chi connectivity index (χ4n) is 2.36. The topological polar surface area (TPSA) is 0 Å². The van der Waals surface area contributed by atoms with Gasteiger partial charge in [0.2, 0.25) is 0 Å². The second-order valence-electron chi connectivity index (χ2n) is 4.38.